The maximum atomic E-state index is 11.6. The number of amides is 1. The summed E-state index contributed by atoms with van der Waals surface area (Å²) >= 11 is 0. The summed E-state index contributed by atoms with van der Waals surface area (Å²) in [6.07, 6.45) is -9.10. The smallest absolute Gasteiger partial charge is 0.382 e. The van der Waals surface area contributed by atoms with Crippen molar-refractivity contribution >= 4 is 11.7 Å². The molecule has 0 fully saturated rings. The van der Waals surface area contributed by atoms with Crippen LogP contribution in [0.15, 0.2) is 12.4 Å². The first-order valence-corrected chi connectivity index (χ1v) is 3.91. The van der Waals surface area contributed by atoms with Crippen LogP contribution in [0, 0.1) is 0 Å². The molecule has 0 aromatic carbocycles. The predicted octanol–water partition coefficient (Wildman–Crippen LogP) is 0.857. The zero-order chi connectivity index (χ0) is 13.7. The largest absolute Gasteiger partial charge is 0.471 e. The van der Waals surface area contributed by atoms with Crippen molar-refractivity contribution in [3.8, 4) is 0 Å². The number of hydrogen-bond acceptors (Lipinski definition) is 3. The van der Waals surface area contributed by atoms with E-state index in [1.54, 1.807) is 5.32 Å². The number of rotatable bonds is 4. The minimum absolute atomic E-state index is 0.430. The molecular weight excluding hydrogens is 258 g/mol. The summed E-state index contributed by atoms with van der Waals surface area (Å²) in [4.78, 5) is 20.4. The van der Waals surface area contributed by atoms with Crippen molar-refractivity contribution in [1.82, 2.24) is 10.6 Å². The molecule has 2 N–H and O–H groups in total. The molecule has 10 heteroatoms. The SMILES string of the molecule is O=C(CN/C=C\NC(=O)C(F)(F)F)C(F)(F)F. The van der Waals surface area contributed by atoms with E-state index < -0.39 is 30.6 Å². The second-order valence-corrected chi connectivity index (χ2v) is 2.61. The normalized spacial score (nSPS) is 12.6. The highest BCUT2D eigenvalue weighted by molar-refractivity contribution is 5.86. The Labute approximate surface area is 90.7 Å². The van der Waals surface area contributed by atoms with Gasteiger partial charge in [-0.1, -0.05) is 0 Å². The van der Waals surface area contributed by atoms with Crippen LogP contribution < -0.4 is 10.6 Å². The monoisotopic (exact) mass is 264 g/mol. The third kappa shape index (κ3) is 6.43. The first-order chi connectivity index (χ1) is 7.55. The number of alkyl halides is 6. The average molecular weight is 264 g/mol. The summed E-state index contributed by atoms with van der Waals surface area (Å²) in [5.41, 5.74) is 0. The van der Waals surface area contributed by atoms with E-state index in [2.05, 4.69) is 0 Å². The van der Waals surface area contributed by atoms with E-state index in [1.165, 1.54) is 5.32 Å². The maximum Gasteiger partial charge on any atom is 0.471 e. The Hall–Kier alpha value is -1.74. The molecule has 0 saturated heterocycles. The third-order valence-corrected chi connectivity index (χ3v) is 1.25. The van der Waals surface area contributed by atoms with Crippen molar-refractivity contribution < 1.29 is 35.9 Å². The van der Waals surface area contributed by atoms with Crippen LogP contribution in [0.3, 0.4) is 0 Å². The second kappa shape index (κ2) is 5.55. The Kier molecular flexibility index (Phi) is 4.98. The first kappa shape index (κ1) is 15.3. The molecule has 98 valence electrons. The number of hydrogen-bond donors (Lipinski definition) is 2. The van der Waals surface area contributed by atoms with Crippen LogP contribution in [0.2, 0.25) is 0 Å². The fourth-order valence-corrected chi connectivity index (χ4v) is 0.510. The molecule has 0 spiro atoms. The number of Topliss-reactive ketones (excluding diaryl/α,β-unsaturated/α-hetero) is 1. The van der Waals surface area contributed by atoms with Crippen molar-refractivity contribution in [1.29, 1.82) is 0 Å². The van der Waals surface area contributed by atoms with Crippen LogP contribution in [0.25, 0.3) is 0 Å². The molecule has 1 amide bonds. The molecule has 0 heterocycles. The molecule has 0 unspecified atom stereocenters. The van der Waals surface area contributed by atoms with Crippen LogP contribution in [0.4, 0.5) is 26.3 Å². The van der Waals surface area contributed by atoms with E-state index >= 15 is 0 Å². The van der Waals surface area contributed by atoms with Crippen molar-refractivity contribution in [3.63, 3.8) is 0 Å². The van der Waals surface area contributed by atoms with Gasteiger partial charge in [0, 0.05) is 12.4 Å². The highest BCUT2D eigenvalue weighted by atomic mass is 19.4. The van der Waals surface area contributed by atoms with Crippen LogP contribution in [-0.4, -0.2) is 30.6 Å². The van der Waals surface area contributed by atoms with Crippen molar-refractivity contribution in [2.24, 2.45) is 0 Å². The highest BCUT2D eigenvalue weighted by Gasteiger charge is 2.38. The molecule has 0 bridgehead atoms. The average Bonchev–Trinajstić information content (AvgIpc) is 2.13. The molecule has 0 radical (unpaired) electrons. The quantitative estimate of drug-likeness (QED) is 0.740. The number of ketones is 1. The van der Waals surface area contributed by atoms with Gasteiger partial charge in [0.15, 0.2) is 0 Å². The molecule has 0 aromatic heterocycles. The fraction of sp³-hybridized carbons (Fsp3) is 0.429. The Morgan fingerprint density at radius 2 is 1.47 bits per heavy atom. The van der Waals surface area contributed by atoms with E-state index in [0.717, 1.165) is 0 Å². The molecule has 0 rings (SSSR count). The fourth-order valence-electron chi connectivity index (χ4n) is 0.510. The van der Waals surface area contributed by atoms with E-state index in [9.17, 15) is 35.9 Å². The van der Waals surface area contributed by atoms with Crippen molar-refractivity contribution in [2.75, 3.05) is 6.54 Å². The van der Waals surface area contributed by atoms with Gasteiger partial charge < -0.3 is 10.6 Å². The van der Waals surface area contributed by atoms with Crippen LogP contribution in [0.1, 0.15) is 0 Å². The van der Waals surface area contributed by atoms with Gasteiger partial charge in [-0.2, -0.15) is 26.3 Å². The maximum absolute atomic E-state index is 11.6. The standard InChI is InChI=1S/C7H6F6N2O2/c8-6(9,10)4(16)3-14-1-2-15-5(17)7(11,12)13/h1-2,14H,3H2,(H,15,17)/b2-1-. The first-order valence-electron chi connectivity index (χ1n) is 3.91. The van der Waals surface area contributed by atoms with E-state index in [0.29, 0.717) is 12.4 Å². The lowest BCUT2D eigenvalue weighted by atomic mass is 10.4. The molecule has 17 heavy (non-hydrogen) atoms. The zero-order valence-corrected chi connectivity index (χ0v) is 7.95. The summed E-state index contributed by atoms with van der Waals surface area (Å²) in [6.45, 7) is -1.14. The van der Waals surface area contributed by atoms with E-state index in [4.69, 9.17) is 0 Å². The van der Waals surface area contributed by atoms with Gasteiger partial charge in [0.2, 0.25) is 0 Å². The molecule has 4 nitrogen and oxygen atoms in total. The van der Waals surface area contributed by atoms with Gasteiger partial charge >= 0.3 is 18.3 Å². The van der Waals surface area contributed by atoms with Gasteiger partial charge in [-0.15, -0.1) is 0 Å². The molecule has 0 atom stereocenters. The summed E-state index contributed by atoms with van der Waals surface area (Å²) in [5.74, 6) is -4.37. The number of nitrogens with one attached hydrogen (secondary N) is 2. The number of carbonyl (C=O) groups is 2. The van der Waals surface area contributed by atoms with Gasteiger partial charge in [-0.25, -0.2) is 0 Å². The number of carbonyl (C=O) groups excluding carboxylic acids is 2. The molecule has 0 aliphatic carbocycles. The summed E-state index contributed by atoms with van der Waals surface area (Å²) < 4.78 is 69.6. The lowest BCUT2D eigenvalue weighted by Gasteiger charge is -2.05. The second-order valence-electron chi connectivity index (χ2n) is 2.61. The number of halogens is 6. The minimum Gasteiger partial charge on any atom is -0.382 e. The van der Waals surface area contributed by atoms with Crippen molar-refractivity contribution in [3.05, 3.63) is 12.4 Å². The minimum atomic E-state index is -5.09. The van der Waals surface area contributed by atoms with Gasteiger partial charge in [0.1, 0.15) is 0 Å². The van der Waals surface area contributed by atoms with Gasteiger partial charge in [0.05, 0.1) is 6.54 Å². The molecule has 0 aliphatic heterocycles. The van der Waals surface area contributed by atoms with Crippen LogP contribution in [0.5, 0.6) is 0 Å². The third-order valence-electron chi connectivity index (χ3n) is 1.25. The van der Waals surface area contributed by atoms with Crippen molar-refractivity contribution in [2.45, 2.75) is 12.4 Å². The molecule has 0 aliphatic rings. The van der Waals surface area contributed by atoms with Gasteiger partial charge in [-0.05, 0) is 0 Å². The van der Waals surface area contributed by atoms with Crippen LogP contribution >= 0.6 is 0 Å². The molecule has 0 saturated carbocycles. The van der Waals surface area contributed by atoms with E-state index in [-0.39, 0.29) is 0 Å². The Bertz CT molecular complexity index is 319. The Morgan fingerprint density at radius 3 is 1.88 bits per heavy atom. The van der Waals surface area contributed by atoms with E-state index in [1.807, 2.05) is 0 Å². The zero-order valence-electron chi connectivity index (χ0n) is 7.95. The summed E-state index contributed by atoms with van der Waals surface area (Å²) in [7, 11) is 0. The van der Waals surface area contributed by atoms with Gasteiger partial charge in [-0.3, -0.25) is 9.59 Å². The summed E-state index contributed by atoms with van der Waals surface area (Å²) in [5, 5.41) is 3.00. The lowest BCUT2D eigenvalue weighted by molar-refractivity contribution is -0.172. The molecular formula is C7H6F6N2O2. The Balaban J connectivity index is 3.93. The van der Waals surface area contributed by atoms with Gasteiger partial charge in [0.25, 0.3) is 5.78 Å². The lowest BCUT2D eigenvalue weighted by Crippen LogP contribution is -2.34. The van der Waals surface area contributed by atoms with Crippen LogP contribution in [-0.2, 0) is 9.59 Å². The Morgan fingerprint density at radius 1 is 0.941 bits per heavy atom. The predicted molar refractivity (Wildman–Crippen MR) is 42.4 cm³/mol. The summed E-state index contributed by atoms with van der Waals surface area (Å²) in [6, 6.07) is 0. The topological polar surface area (TPSA) is 58.2 Å². The molecule has 0 aromatic rings. The highest BCUT2D eigenvalue weighted by Crippen LogP contribution is 2.15.